The van der Waals surface area contributed by atoms with Crippen LogP contribution >= 0.6 is 0 Å². The quantitative estimate of drug-likeness (QED) is 0.275. The average Bonchev–Trinajstić information content (AvgIpc) is 2.66. The topological polar surface area (TPSA) is 186 Å². The Morgan fingerprint density at radius 1 is 1.20 bits per heavy atom. The lowest BCUT2D eigenvalue weighted by atomic mass is 10.1. The first kappa shape index (κ1) is 24.7. The molecule has 0 bridgehead atoms. The van der Waals surface area contributed by atoms with Gasteiger partial charge in [0, 0.05) is 24.8 Å². The molecule has 30 heavy (non-hydrogen) atoms. The van der Waals surface area contributed by atoms with E-state index < -0.39 is 29.8 Å². The highest BCUT2D eigenvalue weighted by Crippen LogP contribution is 2.03. The molecule has 0 saturated carbocycles. The molecule has 0 fully saturated rings. The van der Waals surface area contributed by atoms with Crippen molar-refractivity contribution in [2.75, 3.05) is 13.2 Å². The van der Waals surface area contributed by atoms with Gasteiger partial charge in [0.15, 0.2) is 0 Å². The van der Waals surface area contributed by atoms with Gasteiger partial charge in [0.25, 0.3) is 5.56 Å². The lowest BCUT2D eigenvalue weighted by Crippen LogP contribution is -2.41. The third-order valence-corrected chi connectivity index (χ3v) is 4.27. The maximum absolute atomic E-state index is 11.7. The van der Waals surface area contributed by atoms with Crippen LogP contribution < -0.4 is 27.6 Å². The summed E-state index contributed by atoms with van der Waals surface area (Å²) >= 11 is 0. The van der Waals surface area contributed by atoms with Gasteiger partial charge in [-0.25, -0.2) is 19.2 Å². The number of urea groups is 1. The zero-order valence-electron chi connectivity index (χ0n) is 16.9. The van der Waals surface area contributed by atoms with Crippen LogP contribution in [0.2, 0.25) is 0 Å². The van der Waals surface area contributed by atoms with Gasteiger partial charge in [-0.05, 0) is 39.0 Å². The summed E-state index contributed by atoms with van der Waals surface area (Å²) < 4.78 is 6.43. The number of primary amides is 1. The predicted molar refractivity (Wildman–Crippen MR) is 107 cm³/mol. The number of hydrogen-bond donors (Lipinski definition) is 5. The molecule has 1 rings (SSSR count). The summed E-state index contributed by atoms with van der Waals surface area (Å²) in [5.74, 6) is -1.20. The maximum Gasteiger partial charge on any atom is 0.407 e. The molecular weight excluding hydrogens is 398 g/mol. The summed E-state index contributed by atoms with van der Waals surface area (Å²) in [6.07, 6.45) is 4.02. The molecule has 12 nitrogen and oxygen atoms in total. The van der Waals surface area contributed by atoms with Crippen molar-refractivity contribution in [1.82, 2.24) is 20.2 Å². The van der Waals surface area contributed by atoms with Crippen LogP contribution in [0.15, 0.2) is 15.8 Å². The number of nitrogens with two attached hydrogens (primary N) is 1. The second-order valence-corrected chi connectivity index (χ2v) is 6.78. The van der Waals surface area contributed by atoms with E-state index in [2.05, 4.69) is 15.6 Å². The van der Waals surface area contributed by atoms with E-state index in [4.69, 9.17) is 15.6 Å². The molecule has 168 valence electrons. The van der Waals surface area contributed by atoms with Crippen LogP contribution in [0.3, 0.4) is 0 Å². The summed E-state index contributed by atoms with van der Waals surface area (Å²) in [7, 11) is 0. The lowest BCUT2D eigenvalue weighted by molar-refractivity contribution is -0.139. The fraction of sp³-hybridized carbons (Fsp3) is 0.611. The number of carboxylic acids is 1. The lowest BCUT2D eigenvalue weighted by Gasteiger charge is -2.14. The Bertz CT molecular complexity index is 833. The zero-order chi connectivity index (χ0) is 22.5. The summed E-state index contributed by atoms with van der Waals surface area (Å²) in [5.41, 5.74) is 4.55. The number of hydrogen-bond acceptors (Lipinski definition) is 6. The Morgan fingerprint density at radius 2 is 1.90 bits per heavy atom. The van der Waals surface area contributed by atoms with Crippen LogP contribution in [0.4, 0.5) is 9.59 Å². The number of nitrogens with zero attached hydrogens (tertiary/aromatic N) is 1. The van der Waals surface area contributed by atoms with Crippen molar-refractivity contribution in [2.24, 2.45) is 5.73 Å². The molecule has 1 heterocycles. The van der Waals surface area contributed by atoms with E-state index in [1.165, 1.54) is 10.8 Å². The first-order chi connectivity index (χ1) is 14.2. The molecule has 0 spiro atoms. The van der Waals surface area contributed by atoms with Gasteiger partial charge in [-0.3, -0.25) is 9.78 Å². The van der Waals surface area contributed by atoms with Gasteiger partial charge in [0.2, 0.25) is 0 Å². The van der Waals surface area contributed by atoms with Crippen LogP contribution in [0.5, 0.6) is 0 Å². The number of unbranched alkanes of at least 4 members (excludes halogenated alkanes) is 3. The minimum absolute atomic E-state index is 0.119. The number of alkyl carbamates (subject to hydrolysis) is 1. The minimum atomic E-state index is -1.20. The van der Waals surface area contributed by atoms with Crippen molar-refractivity contribution in [1.29, 1.82) is 0 Å². The molecule has 0 aliphatic rings. The SMILES string of the molecule is Cc1cn(CCCCCCOC(=O)N[C@@H](CCCNC(N)=O)C(=O)O)c(=O)[nH]c1=O. The van der Waals surface area contributed by atoms with Gasteiger partial charge in [0.1, 0.15) is 6.04 Å². The number of aliphatic carboxylic acids is 1. The molecule has 0 saturated heterocycles. The molecule has 1 aromatic rings. The van der Waals surface area contributed by atoms with Crippen LogP contribution in [-0.4, -0.2) is 51.9 Å². The number of H-pyrrole nitrogens is 1. The highest BCUT2D eigenvalue weighted by molar-refractivity contribution is 5.79. The molecule has 1 atom stereocenters. The van der Waals surface area contributed by atoms with Gasteiger partial charge < -0.3 is 30.8 Å². The number of carbonyl (C=O) groups is 3. The van der Waals surface area contributed by atoms with E-state index in [0.717, 1.165) is 19.3 Å². The molecule has 0 radical (unpaired) electrons. The highest BCUT2D eigenvalue weighted by atomic mass is 16.5. The molecule has 0 aromatic carbocycles. The van der Waals surface area contributed by atoms with E-state index >= 15 is 0 Å². The third kappa shape index (κ3) is 9.75. The average molecular weight is 427 g/mol. The van der Waals surface area contributed by atoms with E-state index in [1.807, 2.05) is 0 Å². The molecular formula is C18H29N5O7. The number of aromatic nitrogens is 2. The second kappa shape index (κ2) is 13.0. The van der Waals surface area contributed by atoms with Crippen LogP contribution in [-0.2, 0) is 16.1 Å². The summed E-state index contributed by atoms with van der Waals surface area (Å²) in [6, 6.07) is -1.82. The molecule has 12 heteroatoms. The summed E-state index contributed by atoms with van der Waals surface area (Å²) in [5, 5.41) is 13.7. The fourth-order valence-corrected chi connectivity index (χ4v) is 2.65. The number of carboxylic acid groups (broad SMARTS) is 1. The summed E-state index contributed by atoms with van der Waals surface area (Å²) in [4.78, 5) is 58.7. The molecule has 1 aromatic heterocycles. The second-order valence-electron chi connectivity index (χ2n) is 6.78. The number of rotatable bonds is 13. The van der Waals surface area contributed by atoms with Crippen molar-refractivity contribution in [3.05, 3.63) is 32.6 Å². The number of aryl methyl sites for hydroxylation is 2. The number of ether oxygens (including phenoxy) is 1. The minimum Gasteiger partial charge on any atom is -0.480 e. The van der Waals surface area contributed by atoms with Crippen molar-refractivity contribution in [3.8, 4) is 0 Å². The van der Waals surface area contributed by atoms with Gasteiger partial charge >= 0.3 is 23.8 Å². The van der Waals surface area contributed by atoms with Crippen molar-refractivity contribution < 1.29 is 24.2 Å². The van der Waals surface area contributed by atoms with Gasteiger partial charge in [-0.15, -0.1) is 0 Å². The third-order valence-electron chi connectivity index (χ3n) is 4.27. The molecule has 0 aliphatic carbocycles. The van der Waals surface area contributed by atoms with E-state index in [1.54, 1.807) is 6.92 Å². The number of carbonyl (C=O) groups excluding carboxylic acids is 2. The highest BCUT2D eigenvalue weighted by Gasteiger charge is 2.20. The predicted octanol–water partition coefficient (Wildman–Crippen LogP) is 0.0333. The van der Waals surface area contributed by atoms with Crippen LogP contribution in [0.25, 0.3) is 0 Å². The van der Waals surface area contributed by atoms with Crippen molar-refractivity contribution in [3.63, 3.8) is 0 Å². The Morgan fingerprint density at radius 3 is 2.57 bits per heavy atom. The van der Waals surface area contributed by atoms with Gasteiger partial charge in [-0.1, -0.05) is 6.42 Å². The monoisotopic (exact) mass is 427 g/mol. The van der Waals surface area contributed by atoms with Gasteiger partial charge in [-0.2, -0.15) is 0 Å². The van der Waals surface area contributed by atoms with E-state index in [9.17, 15) is 24.0 Å². The van der Waals surface area contributed by atoms with Crippen LogP contribution in [0.1, 0.15) is 44.1 Å². The van der Waals surface area contributed by atoms with E-state index in [0.29, 0.717) is 24.9 Å². The Balaban J connectivity index is 2.19. The standard InChI is InChI=1S/C18H29N5O7/c1-12-11-23(17(28)22-14(12)24)9-4-2-3-5-10-30-18(29)21-13(15(25)26)7-6-8-20-16(19)27/h11,13H,2-10H2,1H3,(H,21,29)(H,25,26)(H3,19,20,27)(H,22,24,28)/t13-/m0/s1. The maximum atomic E-state index is 11.7. The van der Waals surface area contributed by atoms with Crippen molar-refractivity contribution in [2.45, 2.75) is 58.0 Å². The Kier molecular flexibility index (Phi) is 10.7. The van der Waals surface area contributed by atoms with E-state index in [-0.39, 0.29) is 25.1 Å². The number of nitrogens with one attached hydrogen (secondary N) is 3. The fourth-order valence-electron chi connectivity index (χ4n) is 2.65. The largest absolute Gasteiger partial charge is 0.480 e. The number of amides is 3. The number of aromatic amines is 1. The zero-order valence-corrected chi connectivity index (χ0v) is 16.9. The first-order valence-corrected chi connectivity index (χ1v) is 9.70. The molecule has 6 N–H and O–H groups in total. The first-order valence-electron chi connectivity index (χ1n) is 9.70. The smallest absolute Gasteiger partial charge is 0.407 e. The Labute approximate surface area is 172 Å². The summed E-state index contributed by atoms with van der Waals surface area (Å²) in [6.45, 7) is 2.45. The van der Waals surface area contributed by atoms with Gasteiger partial charge in [0.05, 0.1) is 6.61 Å². The molecule has 0 unspecified atom stereocenters. The van der Waals surface area contributed by atoms with Crippen molar-refractivity contribution >= 4 is 18.1 Å². The molecule has 3 amide bonds. The molecule has 0 aliphatic heterocycles. The van der Waals surface area contributed by atoms with Crippen LogP contribution in [0, 0.1) is 6.92 Å². The normalized spacial score (nSPS) is 11.5. The Hall–Kier alpha value is -3.31.